The Hall–Kier alpha value is -3.48. The van der Waals surface area contributed by atoms with Crippen molar-refractivity contribution in [1.82, 2.24) is 5.43 Å². The number of amides is 1. The highest BCUT2D eigenvalue weighted by Crippen LogP contribution is 2.26. The first-order valence-electron chi connectivity index (χ1n) is 7.93. The molecule has 0 spiro atoms. The molecule has 7 nitrogen and oxygen atoms in total. The van der Waals surface area contributed by atoms with Gasteiger partial charge in [0, 0.05) is 6.07 Å². The smallest absolute Gasteiger partial charge is 0.310 e. The van der Waals surface area contributed by atoms with Crippen molar-refractivity contribution in [2.24, 2.45) is 5.10 Å². The molecule has 0 fully saturated rings. The Bertz CT molecular complexity index is 832. The van der Waals surface area contributed by atoms with Crippen molar-refractivity contribution in [1.29, 1.82) is 0 Å². The fraction of sp³-hybridized carbons (Fsp3) is 0.158. The third-order valence-corrected chi connectivity index (χ3v) is 3.37. The van der Waals surface area contributed by atoms with Gasteiger partial charge in [0.1, 0.15) is 0 Å². The second kappa shape index (κ2) is 9.12. The molecule has 0 heterocycles. The van der Waals surface area contributed by atoms with Crippen LogP contribution in [0.1, 0.15) is 19.4 Å². The number of hydrazone groups is 1. The minimum Gasteiger partial charge on any atom is -0.474 e. The average molecular weight is 353 g/mol. The first kappa shape index (κ1) is 18.9. The van der Waals surface area contributed by atoms with Crippen LogP contribution in [0.2, 0.25) is 0 Å². The molecule has 26 heavy (non-hydrogen) atoms. The van der Waals surface area contributed by atoms with E-state index in [0.717, 1.165) is 11.1 Å². The number of rotatable bonds is 7. The third kappa shape index (κ3) is 5.55. The zero-order valence-corrected chi connectivity index (χ0v) is 14.5. The van der Waals surface area contributed by atoms with Gasteiger partial charge in [-0.3, -0.25) is 14.9 Å². The molecule has 0 radical (unpaired) electrons. The molecule has 0 unspecified atom stereocenters. The summed E-state index contributed by atoms with van der Waals surface area (Å²) in [5, 5.41) is 14.8. The Morgan fingerprint density at radius 1 is 1.19 bits per heavy atom. The van der Waals surface area contributed by atoms with Crippen molar-refractivity contribution in [2.75, 3.05) is 0 Å². The van der Waals surface area contributed by atoms with E-state index in [-0.39, 0.29) is 11.4 Å². The highest BCUT2D eigenvalue weighted by molar-refractivity contribution is 5.87. The highest BCUT2D eigenvalue weighted by Gasteiger charge is 2.20. The van der Waals surface area contributed by atoms with E-state index in [2.05, 4.69) is 10.5 Å². The fourth-order valence-electron chi connectivity index (χ4n) is 2.09. The van der Waals surface area contributed by atoms with Gasteiger partial charge < -0.3 is 4.74 Å². The second-order valence-corrected chi connectivity index (χ2v) is 5.52. The molecule has 0 aromatic heterocycles. The molecule has 0 aliphatic carbocycles. The Morgan fingerprint density at radius 3 is 2.54 bits per heavy atom. The van der Waals surface area contributed by atoms with Gasteiger partial charge in [-0.2, -0.15) is 5.10 Å². The summed E-state index contributed by atoms with van der Waals surface area (Å²) in [5.74, 6) is -0.476. The van der Waals surface area contributed by atoms with Gasteiger partial charge in [-0.1, -0.05) is 48.5 Å². The Balaban J connectivity index is 1.93. The monoisotopic (exact) mass is 353 g/mol. The molecule has 0 aliphatic heterocycles. The van der Waals surface area contributed by atoms with E-state index in [4.69, 9.17) is 4.74 Å². The van der Waals surface area contributed by atoms with Gasteiger partial charge in [-0.05, 0) is 31.1 Å². The van der Waals surface area contributed by atoms with Crippen LogP contribution >= 0.6 is 0 Å². The number of nitrogens with one attached hydrogen (secondary N) is 1. The third-order valence-electron chi connectivity index (χ3n) is 3.37. The minimum absolute atomic E-state index is 0.0317. The second-order valence-electron chi connectivity index (χ2n) is 5.52. The van der Waals surface area contributed by atoms with Crippen molar-refractivity contribution in [2.45, 2.75) is 20.0 Å². The van der Waals surface area contributed by atoms with Gasteiger partial charge in [0.25, 0.3) is 5.91 Å². The lowest BCUT2D eigenvalue weighted by atomic mass is 10.1. The Kier molecular flexibility index (Phi) is 6.61. The number of ether oxygens (including phenoxy) is 1. The molecule has 2 rings (SSSR count). The van der Waals surface area contributed by atoms with Crippen LogP contribution in [0.25, 0.3) is 6.08 Å². The van der Waals surface area contributed by atoms with Crippen LogP contribution in [0.4, 0.5) is 5.69 Å². The van der Waals surface area contributed by atoms with Crippen LogP contribution in [0.3, 0.4) is 0 Å². The molecule has 2 aromatic rings. The first-order chi connectivity index (χ1) is 12.5. The largest absolute Gasteiger partial charge is 0.474 e. The number of hydrogen-bond acceptors (Lipinski definition) is 5. The normalized spacial score (nSPS) is 12.6. The summed E-state index contributed by atoms with van der Waals surface area (Å²) in [5.41, 5.74) is 4.04. The zero-order chi connectivity index (χ0) is 18.9. The van der Waals surface area contributed by atoms with Gasteiger partial charge in [-0.15, -0.1) is 0 Å². The van der Waals surface area contributed by atoms with Crippen LogP contribution in [-0.4, -0.2) is 23.1 Å². The summed E-state index contributed by atoms with van der Waals surface area (Å²) in [6.45, 7) is 3.35. The van der Waals surface area contributed by atoms with Gasteiger partial charge in [0.15, 0.2) is 11.9 Å². The summed E-state index contributed by atoms with van der Waals surface area (Å²) in [6, 6.07) is 15.6. The standard InChI is InChI=1S/C19H19N3O4/c1-14(12-16-8-4-3-5-9-16)13-20-21-19(23)15(2)26-18-11-7-6-10-17(18)22(24)25/h3-13,15H,1-2H3,(H,21,23)/b14-12-,20-13-/t15-/m0/s1. The number of carbonyl (C=O) groups is 1. The molecule has 0 bridgehead atoms. The van der Waals surface area contributed by atoms with E-state index in [9.17, 15) is 14.9 Å². The van der Waals surface area contributed by atoms with Gasteiger partial charge >= 0.3 is 5.69 Å². The number of benzene rings is 2. The molecule has 1 amide bonds. The molecule has 2 aromatic carbocycles. The van der Waals surface area contributed by atoms with Crippen molar-refractivity contribution in [3.8, 4) is 5.75 Å². The van der Waals surface area contributed by atoms with E-state index in [0.29, 0.717) is 0 Å². The summed E-state index contributed by atoms with van der Waals surface area (Å²) in [4.78, 5) is 22.4. The van der Waals surface area contributed by atoms with Crippen molar-refractivity contribution >= 4 is 23.9 Å². The van der Waals surface area contributed by atoms with Crippen LogP contribution < -0.4 is 10.2 Å². The zero-order valence-electron chi connectivity index (χ0n) is 14.5. The summed E-state index contributed by atoms with van der Waals surface area (Å²) in [6.07, 6.45) is 2.50. The van der Waals surface area contributed by atoms with E-state index < -0.39 is 16.9 Å². The number of nitro groups is 1. The minimum atomic E-state index is -0.938. The first-order valence-corrected chi connectivity index (χ1v) is 7.93. The lowest BCUT2D eigenvalue weighted by Crippen LogP contribution is -2.33. The van der Waals surface area contributed by atoms with E-state index in [1.54, 1.807) is 6.07 Å². The fourth-order valence-corrected chi connectivity index (χ4v) is 2.09. The van der Waals surface area contributed by atoms with Crippen LogP contribution in [0, 0.1) is 10.1 Å². The lowest BCUT2D eigenvalue weighted by molar-refractivity contribution is -0.386. The van der Waals surface area contributed by atoms with E-state index >= 15 is 0 Å². The summed E-state index contributed by atoms with van der Waals surface area (Å²) < 4.78 is 5.38. The number of allylic oxidation sites excluding steroid dienone is 1. The van der Waals surface area contributed by atoms with Crippen LogP contribution in [0.15, 0.2) is 65.3 Å². The highest BCUT2D eigenvalue weighted by atomic mass is 16.6. The molecular formula is C19H19N3O4. The predicted octanol–water partition coefficient (Wildman–Crippen LogP) is 3.57. The maximum absolute atomic E-state index is 12.0. The van der Waals surface area contributed by atoms with Gasteiger partial charge in [-0.25, -0.2) is 5.43 Å². The number of para-hydroxylation sites is 2. The summed E-state index contributed by atoms with van der Waals surface area (Å²) >= 11 is 0. The lowest BCUT2D eigenvalue weighted by Gasteiger charge is -2.12. The molecular weight excluding hydrogens is 334 g/mol. The topological polar surface area (TPSA) is 93.8 Å². The van der Waals surface area contributed by atoms with E-state index in [1.807, 2.05) is 43.3 Å². The average Bonchev–Trinajstić information content (AvgIpc) is 2.62. The van der Waals surface area contributed by atoms with Gasteiger partial charge in [0.2, 0.25) is 0 Å². The van der Waals surface area contributed by atoms with Crippen LogP contribution in [-0.2, 0) is 4.79 Å². The number of nitrogens with zero attached hydrogens (tertiary/aromatic N) is 2. The maximum atomic E-state index is 12.0. The Labute approximate surface area is 151 Å². The quantitative estimate of drug-likeness (QED) is 0.468. The van der Waals surface area contributed by atoms with Crippen molar-refractivity contribution < 1.29 is 14.5 Å². The van der Waals surface area contributed by atoms with Gasteiger partial charge in [0.05, 0.1) is 11.1 Å². The number of carbonyl (C=O) groups excluding carboxylic acids is 1. The molecule has 1 N–H and O–H groups in total. The molecule has 0 saturated heterocycles. The van der Waals surface area contributed by atoms with Crippen LogP contribution in [0.5, 0.6) is 5.75 Å². The maximum Gasteiger partial charge on any atom is 0.310 e. The van der Waals surface area contributed by atoms with Crippen molar-refractivity contribution in [3.05, 3.63) is 75.8 Å². The molecule has 134 valence electrons. The van der Waals surface area contributed by atoms with E-state index in [1.165, 1.54) is 31.3 Å². The Morgan fingerprint density at radius 2 is 1.85 bits per heavy atom. The molecule has 1 atom stereocenters. The molecule has 0 aliphatic rings. The summed E-state index contributed by atoms with van der Waals surface area (Å²) in [7, 11) is 0. The molecule has 0 saturated carbocycles. The molecule has 7 heteroatoms. The number of hydrogen-bond donors (Lipinski definition) is 1. The predicted molar refractivity (Wildman–Crippen MR) is 99.9 cm³/mol. The number of nitro benzene ring substituents is 1. The van der Waals surface area contributed by atoms with Crippen molar-refractivity contribution in [3.63, 3.8) is 0 Å². The SMILES string of the molecule is CC(/C=N\NC(=O)[C@H](C)Oc1ccccc1[N+](=O)[O-])=C/c1ccccc1.